The molecule has 0 saturated carbocycles. The zero-order valence-corrected chi connectivity index (χ0v) is 22.2. The molecule has 4 rings (SSSR count). The number of amides is 1. The van der Waals surface area contributed by atoms with Gasteiger partial charge in [0.05, 0.1) is 25.6 Å². The average molecular weight is 614 g/mol. The highest BCUT2D eigenvalue weighted by atomic mass is 127. The van der Waals surface area contributed by atoms with Crippen LogP contribution in [0, 0.1) is 3.57 Å². The normalized spacial score (nSPS) is 10.9. The van der Waals surface area contributed by atoms with Crippen molar-refractivity contribution >= 4 is 52.2 Å². The van der Waals surface area contributed by atoms with E-state index in [2.05, 4.69) is 48.6 Å². The second-order valence-electron chi connectivity index (χ2n) is 7.44. The van der Waals surface area contributed by atoms with Crippen molar-refractivity contribution in [2.45, 2.75) is 11.7 Å². The number of para-hydroxylation sites is 1. The zero-order valence-electron chi connectivity index (χ0n) is 19.3. The molecular weight excluding hydrogens is 591 g/mol. The first kappa shape index (κ1) is 25.5. The minimum atomic E-state index is -0.320. The smallest absolute Gasteiger partial charge is 0.250 e. The molecule has 1 amide bonds. The summed E-state index contributed by atoms with van der Waals surface area (Å²) in [6, 6.07) is 22.6. The molecule has 0 atom stereocenters. The first-order valence-electron chi connectivity index (χ1n) is 10.8. The number of nitrogens with one attached hydrogen (secondary N) is 2. The number of nitrogens with zero attached hydrogens (tertiary/aromatic N) is 4. The highest BCUT2D eigenvalue weighted by molar-refractivity contribution is 14.1. The monoisotopic (exact) mass is 614 g/mol. The van der Waals surface area contributed by atoms with Crippen molar-refractivity contribution in [3.05, 3.63) is 87.8 Å². The van der Waals surface area contributed by atoms with E-state index >= 15 is 0 Å². The zero-order chi connectivity index (χ0) is 25.3. The Morgan fingerprint density at radius 1 is 1.14 bits per heavy atom. The minimum absolute atomic E-state index is 0.0329. The number of carbonyl (C=O) groups is 1. The highest BCUT2D eigenvalue weighted by Crippen LogP contribution is 2.23. The fourth-order valence-electron chi connectivity index (χ4n) is 3.19. The highest BCUT2D eigenvalue weighted by Gasteiger charge is 2.16. The van der Waals surface area contributed by atoms with Crippen LogP contribution in [0.25, 0.3) is 5.69 Å². The molecule has 36 heavy (non-hydrogen) atoms. The third-order valence-corrected chi connectivity index (χ3v) is 6.62. The minimum Gasteiger partial charge on any atom is -0.507 e. The maximum atomic E-state index is 12.4. The van der Waals surface area contributed by atoms with Gasteiger partial charge in [0.2, 0.25) is 0 Å². The molecule has 0 fully saturated rings. The molecule has 1 heterocycles. The molecule has 3 aromatic carbocycles. The summed E-state index contributed by atoms with van der Waals surface area (Å²) in [6.07, 6.45) is 1.36. The molecule has 3 N–H and O–H groups in total. The number of carbonyl (C=O) groups excluding carboxylic acids is 1. The molecule has 0 unspecified atom stereocenters. The van der Waals surface area contributed by atoms with Gasteiger partial charge in [-0.1, -0.05) is 30.0 Å². The molecule has 9 nitrogen and oxygen atoms in total. The number of phenols is 1. The number of aromatic hydroxyl groups is 1. The molecule has 11 heteroatoms. The molecule has 4 aromatic rings. The summed E-state index contributed by atoms with van der Waals surface area (Å²) in [4.78, 5) is 12.4. The lowest BCUT2D eigenvalue weighted by Crippen LogP contribution is -2.20. The Balaban J connectivity index is 1.42. The summed E-state index contributed by atoms with van der Waals surface area (Å²) in [5, 5.41) is 26.5. The van der Waals surface area contributed by atoms with Gasteiger partial charge in [0.15, 0.2) is 11.0 Å². The van der Waals surface area contributed by atoms with Crippen LogP contribution in [-0.4, -0.2) is 44.9 Å². The number of hydrogen-bond acceptors (Lipinski definition) is 8. The number of halogens is 1. The lowest BCUT2D eigenvalue weighted by Gasteiger charge is -2.11. The van der Waals surface area contributed by atoms with Crippen LogP contribution in [0.1, 0.15) is 11.4 Å². The van der Waals surface area contributed by atoms with Gasteiger partial charge in [0.25, 0.3) is 5.91 Å². The van der Waals surface area contributed by atoms with E-state index in [1.807, 2.05) is 59.2 Å². The van der Waals surface area contributed by atoms with Crippen LogP contribution in [0.15, 0.2) is 83.1 Å². The Morgan fingerprint density at radius 2 is 1.92 bits per heavy atom. The lowest BCUT2D eigenvalue weighted by atomic mass is 10.2. The summed E-state index contributed by atoms with van der Waals surface area (Å²) >= 11 is 3.52. The van der Waals surface area contributed by atoms with Gasteiger partial charge in [-0.05, 0) is 77.2 Å². The molecule has 0 aliphatic heterocycles. The van der Waals surface area contributed by atoms with Crippen molar-refractivity contribution in [3.63, 3.8) is 0 Å². The lowest BCUT2D eigenvalue weighted by molar-refractivity contribution is -0.118. The van der Waals surface area contributed by atoms with Crippen molar-refractivity contribution in [2.24, 2.45) is 5.10 Å². The number of hydrogen-bond donors (Lipinski definition) is 3. The third-order valence-electron chi connectivity index (χ3n) is 4.97. The number of anilines is 1. The summed E-state index contributed by atoms with van der Waals surface area (Å²) in [7, 11) is 1.53. The topological polar surface area (TPSA) is 114 Å². The van der Waals surface area contributed by atoms with E-state index in [0.717, 1.165) is 14.9 Å². The fraction of sp³-hybridized carbons (Fsp3) is 0.120. The molecule has 0 aliphatic carbocycles. The summed E-state index contributed by atoms with van der Waals surface area (Å²) in [6.45, 7) is 0.462. The van der Waals surface area contributed by atoms with Gasteiger partial charge >= 0.3 is 0 Å². The van der Waals surface area contributed by atoms with Crippen LogP contribution in [-0.2, 0) is 11.3 Å². The SMILES string of the molecule is COc1ccc(O)c(C=NNC(=O)CSc2nnc(CNc3ccc(I)cc3)n2-c2ccccc2)c1. The third kappa shape index (κ3) is 6.76. The van der Waals surface area contributed by atoms with E-state index in [0.29, 0.717) is 28.8 Å². The average Bonchev–Trinajstić information content (AvgIpc) is 3.31. The van der Waals surface area contributed by atoms with Crippen molar-refractivity contribution in [1.82, 2.24) is 20.2 Å². The standard InChI is InChI=1S/C25H23IN6O3S/c1-35-21-11-12-22(33)17(13-21)14-28-30-24(34)16-36-25-31-29-23(32(25)20-5-3-2-4-6-20)15-27-19-9-7-18(26)8-10-19/h2-14,27,33H,15-16H2,1H3,(H,30,34). The van der Waals surface area contributed by atoms with Gasteiger partial charge in [-0.3, -0.25) is 9.36 Å². The van der Waals surface area contributed by atoms with E-state index in [-0.39, 0.29) is 17.4 Å². The number of aromatic nitrogens is 3. The number of hydrazone groups is 1. The van der Waals surface area contributed by atoms with E-state index < -0.39 is 0 Å². The summed E-state index contributed by atoms with van der Waals surface area (Å²) < 4.78 is 8.22. The maximum Gasteiger partial charge on any atom is 0.250 e. The molecule has 0 bridgehead atoms. The molecule has 0 radical (unpaired) electrons. The second kappa shape index (κ2) is 12.4. The molecule has 0 aliphatic rings. The number of benzene rings is 3. The Labute approximate surface area is 226 Å². The first-order chi connectivity index (χ1) is 17.5. The van der Waals surface area contributed by atoms with Crippen LogP contribution in [0.2, 0.25) is 0 Å². The number of methoxy groups -OCH3 is 1. The van der Waals surface area contributed by atoms with Gasteiger partial charge < -0.3 is 15.2 Å². The number of ether oxygens (including phenoxy) is 1. The number of thioether (sulfide) groups is 1. The van der Waals surface area contributed by atoms with Gasteiger partial charge in [0.1, 0.15) is 11.5 Å². The Hall–Kier alpha value is -3.58. The van der Waals surface area contributed by atoms with Crippen molar-refractivity contribution in [2.75, 3.05) is 18.2 Å². The van der Waals surface area contributed by atoms with Crippen molar-refractivity contribution in [3.8, 4) is 17.2 Å². The fourth-order valence-corrected chi connectivity index (χ4v) is 4.32. The molecule has 0 saturated heterocycles. The predicted molar refractivity (Wildman–Crippen MR) is 149 cm³/mol. The first-order valence-corrected chi connectivity index (χ1v) is 12.9. The maximum absolute atomic E-state index is 12.4. The van der Waals surface area contributed by atoms with Crippen LogP contribution in [0.4, 0.5) is 5.69 Å². The molecule has 1 aromatic heterocycles. The molecule has 184 valence electrons. The summed E-state index contributed by atoms with van der Waals surface area (Å²) in [5.41, 5.74) is 4.78. The van der Waals surface area contributed by atoms with Gasteiger partial charge in [-0.2, -0.15) is 5.10 Å². The van der Waals surface area contributed by atoms with Gasteiger partial charge in [0, 0.05) is 20.5 Å². The van der Waals surface area contributed by atoms with E-state index in [1.165, 1.54) is 31.2 Å². The van der Waals surface area contributed by atoms with Crippen molar-refractivity contribution < 1.29 is 14.6 Å². The summed E-state index contributed by atoms with van der Waals surface area (Å²) in [5.74, 6) is 1.08. The van der Waals surface area contributed by atoms with Gasteiger partial charge in [-0.25, -0.2) is 5.43 Å². The predicted octanol–water partition coefficient (Wildman–Crippen LogP) is 4.44. The Kier molecular flexibility index (Phi) is 8.79. The van der Waals surface area contributed by atoms with E-state index in [9.17, 15) is 9.90 Å². The van der Waals surface area contributed by atoms with Gasteiger partial charge in [-0.15, -0.1) is 10.2 Å². The van der Waals surface area contributed by atoms with E-state index in [4.69, 9.17) is 4.74 Å². The van der Waals surface area contributed by atoms with Crippen LogP contribution < -0.4 is 15.5 Å². The largest absolute Gasteiger partial charge is 0.507 e. The van der Waals surface area contributed by atoms with Crippen LogP contribution in [0.5, 0.6) is 11.5 Å². The Bertz CT molecular complexity index is 1350. The van der Waals surface area contributed by atoms with E-state index in [1.54, 1.807) is 12.1 Å². The second-order valence-corrected chi connectivity index (χ2v) is 9.62. The van der Waals surface area contributed by atoms with Crippen molar-refractivity contribution in [1.29, 1.82) is 0 Å². The quantitative estimate of drug-likeness (QED) is 0.105. The number of phenolic OH excluding ortho intramolecular Hbond substituents is 1. The number of rotatable bonds is 10. The van der Waals surface area contributed by atoms with Crippen LogP contribution in [0.3, 0.4) is 0 Å². The van der Waals surface area contributed by atoms with Crippen LogP contribution >= 0.6 is 34.4 Å². The molecule has 0 spiro atoms. The Morgan fingerprint density at radius 3 is 2.67 bits per heavy atom. The molecular formula is C25H23IN6O3S.